The van der Waals surface area contributed by atoms with Gasteiger partial charge in [0, 0.05) is 35.8 Å². The first kappa shape index (κ1) is 15.7. The lowest BCUT2D eigenvalue weighted by Gasteiger charge is -2.43. The molecule has 4 heteroatoms. The maximum atomic E-state index is 5.55. The zero-order valence-electron chi connectivity index (χ0n) is 15.0. The number of fused-ring (bicyclic) bond motifs is 3. The number of aromatic nitrogens is 1. The molecule has 1 aromatic heterocycles. The molecule has 4 rings (SSSR count). The highest BCUT2D eigenvalue weighted by Gasteiger charge is 2.32. The summed E-state index contributed by atoms with van der Waals surface area (Å²) in [4.78, 5) is 9.94. The topological polar surface area (TPSA) is 28.6 Å². The first-order valence-electron chi connectivity index (χ1n) is 9.14. The van der Waals surface area contributed by atoms with Crippen molar-refractivity contribution in [2.75, 3.05) is 18.7 Å². The second-order valence-corrected chi connectivity index (χ2v) is 7.38. The zero-order valence-corrected chi connectivity index (χ0v) is 15.0. The van der Waals surface area contributed by atoms with Gasteiger partial charge in [-0.1, -0.05) is 25.0 Å². The summed E-state index contributed by atoms with van der Waals surface area (Å²) in [7, 11) is 1.73. The molecule has 2 aromatic rings. The van der Waals surface area contributed by atoms with Gasteiger partial charge in [0.25, 0.3) is 0 Å². The van der Waals surface area contributed by atoms with Gasteiger partial charge in [-0.05, 0) is 32.8 Å². The second kappa shape index (κ2) is 6.25. The summed E-state index contributed by atoms with van der Waals surface area (Å²) in [6.07, 6.45) is 7.38. The van der Waals surface area contributed by atoms with Crippen molar-refractivity contribution in [3.8, 4) is 5.75 Å². The molecule has 0 atom stereocenters. The van der Waals surface area contributed by atoms with Crippen molar-refractivity contribution < 1.29 is 4.74 Å². The van der Waals surface area contributed by atoms with Crippen LogP contribution >= 0.6 is 0 Å². The molecule has 2 aliphatic rings. The highest BCUT2D eigenvalue weighted by atomic mass is 16.5. The van der Waals surface area contributed by atoms with E-state index in [1.54, 1.807) is 7.11 Å². The third kappa shape index (κ3) is 2.53. The van der Waals surface area contributed by atoms with Gasteiger partial charge in [-0.2, -0.15) is 0 Å². The fraction of sp³-hybridized carbons (Fsp3) is 0.550. The average molecular weight is 325 g/mol. The highest BCUT2D eigenvalue weighted by Crippen LogP contribution is 2.40. The van der Waals surface area contributed by atoms with Gasteiger partial charge in [-0.3, -0.25) is 9.88 Å². The van der Waals surface area contributed by atoms with Crippen molar-refractivity contribution in [2.45, 2.75) is 58.2 Å². The molecular formula is C20H27N3O. The van der Waals surface area contributed by atoms with Crippen LogP contribution in [0.2, 0.25) is 0 Å². The minimum Gasteiger partial charge on any atom is -0.494 e. The van der Waals surface area contributed by atoms with Crippen molar-refractivity contribution in [3.63, 3.8) is 0 Å². The number of ether oxygens (including phenoxy) is 1. The van der Waals surface area contributed by atoms with E-state index in [2.05, 4.69) is 42.0 Å². The van der Waals surface area contributed by atoms with Crippen LogP contribution in [0, 0.1) is 0 Å². The van der Waals surface area contributed by atoms with Crippen LogP contribution in [0.15, 0.2) is 24.4 Å². The Kier molecular flexibility index (Phi) is 4.09. The summed E-state index contributed by atoms with van der Waals surface area (Å²) in [6, 6.07) is 7.50. The van der Waals surface area contributed by atoms with E-state index in [9.17, 15) is 0 Å². The lowest BCUT2D eigenvalue weighted by atomic mass is 10.0. The quantitative estimate of drug-likeness (QED) is 0.846. The molecule has 0 radical (unpaired) electrons. The molecule has 0 bridgehead atoms. The van der Waals surface area contributed by atoms with Gasteiger partial charge in [0.15, 0.2) is 0 Å². The van der Waals surface area contributed by atoms with E-state index in [0.717, 1.165) is 24.5 Å². The lowest BCUT2D eigenvalue weighted by Crippen LogP contribution is -2.49. The van der Waals surface area contributed by atoms with Crippen LogP contribution in [0.1, 0.15) is 45.1 Å². The Balaban J connectivity index is 1.88. The summed E-state index contributed by atoms with van der Waals surface area (Å²) >= 11 is 0. The third-order valence-electron chi connectivity index (χ3n) is 5.62. The molecule has 0 unspecified atom stereocenters. The van der Waals surface area contributed by atoms with Gasteiger partial charge < -0.3 is 9.64 Å². The summed E-state index contributed by atoms with van der Waals surface area (Å²) < 4.78 is 5.55. The first-order valence-corrected chi connectivity index (χ1v) is 9.14. The standard InChI is InChI=1S/C20H27N3O/c1-14(2)22-12-15-11-21-19-17(9-6-10-18(19)24-3)20(15)23(13-22)16-7-4-5-8-16/h6,9-11,14,16H,4-5,7-8,12-13H2,1-3H3. The number of nitrogens with zero attached hydrogens (tertiary/aromatic N) is 3. The molecule has 24 heavy (non-hydrogen) atoms. The maximum Gasteiger partial charge on any atom is 0.145 e. The van der Waals surface area contributed by atoms with Gasteiger partial charge in [0.2, 0.25) is 0 Å². The van der Waals surface area contributed by atoms with Crippen LogP contribution in [0.25, 0.3) is 10.9 Å². The molecule has 128 valence electrons. The predicted molar refractivity (Wildman–Crippen MR) is 98.6 cm³/mol. The van der Waals surface area contributed by atoms with E-state index in [0.29, 0.717) is 12.1 Å². The minimum absolute atomic E-state index is 0.544. The molecule has 1 saturated carbocycles. The number of hydrogen-bond donors (Lipinski definition) is 0. The summed E-state index contributed by atoms with van der Waals surface area (Å²) in [5.41, 5.74) is 3.73. The Morgan fingerprint density at radius 3 is 2.71 bits per heavy atom. The van der Waals surface area contributed by atoms with Gasteiger partial charge in [0.1, 0.15) is 11.3 Å². The van der Waals surface area contributed by atoms with Crippen molar-refractivity contribution in [3.05, 3.63) is 30.0 Å². The smallest absolute Gasteiger partial charge is 0.145 e. The SMILES string of the molecule is COc1cccc2c3c(cnc12)CN(C(C)C)CN3C1CCCC1. The Hall–Kier alpha value is -1.81. The number of hydrogen-bond acceptors (Lipinski definition) is 4. The molecule has 1 aliphatic heterocycles. The summed E-state index contributed by atoms with van der Waals surface area (Å²) in [5, 5.41) is 1.24. The highest BCUT2D eigenvalue weighted by molar-refractivity contribution is 5.97. The lowest BCUT2D eigenvalue weighted by molar-refractivity contribution is 0.195. The minimum atomic E-state index is 0.544. The summed E-state index contributed by atoms with van der Waals surface area (Å²) in [6.45, 7) is 6.58. The van der Waals surface area contributed by atoms with Gasteiger partial charge in [0.05, 0.1) is 19.5 Å². The van der Waals surface area contributed by atoms with Crippen molar-refractivity contribution in [1.29, 1.82) is 0 Å². The van der Waals surface area contributed by atoms with Crippen LogP contribution in [0.3, 0.4) is 0 Å². The van der Waals surface area contributed by atoms with Gasteiger partial charge in [-0.15, -0.1) is 0 Å². The molecule has 0 N–H and O–H groups in total. The van der Waals surface area contributed by atoms with Gasteiger partial charge in [-0.25, -0.2) is 0 Å². The molecular weight excluding hydrogens is 298 g/mol. The summed E-state index contributed by atoms with van der Waals surface area (Å²) in [5.74, 6) is 0.868. The van der Waals surface area contributed by atoms with Crippen LogP contribution in [-0.2, 0) is 6.54 Å². The maximum absolute atomic E-state index is 5.55. The second-order valence-electron chi connectivity index (χ2n) is 7.38. The molecule has 1 aromatic carbocycles. The Bertz CT molecular complexity index is 737. The van der Waals surface area contributed by atoms with Crippen molar-refractivity contribution >= 4 is 16.6 Å². The van der Waals surface area contributed by atoms with Crippen LogP contribution in [0.4, 0.5) is 5.69 Å². The average Bonchev–Trinajstić information content (AvgIpc) is 3.14. The zero-order chi connectivity index (χ0) is 16.7. The van der Waals surface area contributed by atoms with E-state index in [-0.39, 0.29) is 0 Å². The van der Waals surface area contributed by atoms with Crippen molar-refractivity contribution in [2.24, 2.45) is 0 Å². The molecule has 0 amide bonds. The predicted octanol–water partition coefficient (Wildman–Crippen LogP) is 4.17. The third-order valence-corrected chi connectivity index (χ3v) is 5.62. The largest absolute Gasteiger partial charge is 0.494 e. The van der Waals surface area contributed by atoms with E-state index in [4.69, 9.17) is 9.72 Å². The number of para-hydroxylation sites is 1. The molecule has 1 aliphatic carbocycles. The normalized spacial score (nSPS) is 19.2. The molecule has 4 nitrogen and oxygen atoms in total. The first-order chi connectivity index (χ1) is 11.7. The monoisotopic (exact) mass is 325 g/mol. The van der Waals surface area contributed by atoms with Crippen molar-refractivity contribution in [1.82, 2.24) is 9.88 Å². The molecule has 1 fully saturated rings. The van der Waals surface area contributed by atoms with E-state index in [1.807, 2.05) is 6.07 Å². The molecule has 0 spiro atoms. The van der Waals surface area contributed by atoms with E-state index < -0.39 is 0 Å². The Morgan fingerprint density at radius 1 is 1.21 bits per heavy atom. The molecule has 2 heterocycles. The number of rotatable bonds is 3. The Morgan fingerprint density at radius 2 is 2.00 bits per heavy atom. The van der Waals surface area contributed by atoms with Crippen LogP contribution < -0.4 is 9.64 Å². The number of pyridine rings is 1. The fourth-order valence-corrected chi connectivity index (χ4v) is 4.24. The Labute approximate surface area is 144 Å². The number of anilines is 1. The van der Waals surface area contributed by atoms with Crippen LogP contribution in [0.5, 0.6) is 5.75 Å². The van der Waals surface area contributed by atoms with Gasteiger partial charge >= 0.3 is 0 Å². The number of methoxy groups -OCH3 is 1. The van der Waals surface area contributed by atoms with E-state index in [1.165, 1.54) is 42.3 Å². The van der Waals surface area contributed by atoms with Crippen LogP contribution in [-0.4, -0.2) is 35.7 Å². The fourth-order valence-electron chi connectivity index (χ4n) is 4.24. The molecule has 0 saturated heterocycles. The van der Waals surface area contributed by atoms with E-state index >= 15 is 0 Å². The number of benzene rings is 1.